The van der Waals surface area contributed by atoms with Crippen LogP contribution in [0.1, 0.15) is 69.1 Å². The molecule has 1 heteroatoms. The molecule has 1 aromatic rings. The maximum Gasteiger partial charge on any atom is 0.0474 e. The summed E-state index contributed by atoms with van der Waals surface area (Å²) in [6, 6.07) is 7.31. The van der Waals surface area contributed by atoms with Crippen molar-refractivity contribution in [3.63, 3.8) is 0 Å². The molecule has 24 heavy (non-hydrogen) atoms. The van der Waals surface area contributed by atoms with Crippen LogP contribution in [0, 0.1) is 11.8 Å². The molecular formula is C23H30O. The van der Waals surface area contributed by atoms with Crippen LogP contribution < -0.4 is 0 Å². The Morgan fingerprint density at radius 3 is 2.46 bits per heavy atom. The van der Waals surface area contributed by atoms with E-state index in [0.29, 0.717) is 23.7 Å². The second-order valence-electron chi connectivity index (χ2n) is 8.50. The van der Waals surface area contributed by atoms with Crippen LogP contribution in [-0.4, -0.2) is 13.2 Å². The fourth-order valence-corrected chi connectivity index (χ4v) is 5.06. The molecule has 0 bridgehead atoms. The summed E-state index contributed by atoms with van der Waals surface area (Å²) in [5, 5.41) is 0. The first-order valence-electron chi connectivity index (χ1n) is 9.65. The number of benzene rings is 1. The van der Waals surface area contributed by atoms with E-state index in [4.69, 9.17) is 4.74 Å². The maximum atomic E-state index is 5.76. The Morgan fingerprint density at radius 2 is 1.79 bits per heavy atom. The zero-order valence-corrected chi connectivity index (χ0v) is 15.5. The van der Waals surface area contributed by atoms with Crippen LogP contribution in [0.3, 0.4) is 0 Å². The lowest BCUT2D eigenvalue weighted by Crippen LogP contribution is -2.38. The number of rotatable bonds is 2. The molecule has 2 unspecified atom stereocenters. The van der Waals surface area contributed by atoms with Gasteiger partial charge in [-0.3, -0.25) is 0 Å². The lowest BCUT2D eigenvalue weighted by Gasteiger charge is -2.41. The van der Waals surface area contributed by atoms with Gasteiger partial charge in [-0.15, -0.1) is 0 Å². The van der Waals surface area contributed by atoms with Crippen LogP contribution in [0.15, 0.2) is 42.0 Å². The van der Waals surface area contributed by atoms with E-state index in [-0.39, 0.29) is 5.41 Å². The van der Waals surface area contributed by atoms with E-state index < -0.39 is 0 Å². The Bertz CT molecular complexity index is 686. The van der Waals surface area contributed by atoms with Crippen molar-refractivity contribution < 1.29 is 4.74 Å². The van der Waals surface area contributed by atoms with Crippen molar-refractivity contribution in [1.29, 1.82) is 0 Å². The van der Waals surface area contributed by atoms with Gasteiger partial charge in [0.15, 0.2) is 0 Å². The highest BCUT2D eigenvalue weighted by Crippen LogP contribution is 2.58. The Morgan fingerprint density at radius 1 is 1.04 bits per heavy atom. The molecule has 0 saturated carbocycles. The fourth-order valence-electron chi connectivity index (χ4n) is 5.06. The van der Waals surface area contributed by atoms with Crippen molar-refractivity contribution in [3.8, 4) is 0 Å². The molecule has 1 aliphatic heterocycles. The molecular weight excluding hydrogens is 292 g/mol. The molecule has 0 radical (unpaired) electrons. The molecule has 0 amide bonds. The van der Waals surface area contributed by atoms with Crippen molar-refractivity contribution in [1.82, 2.24) is 0 Å². The van der Waals surface area contributed by atoms with E-state index in [0.717, 1.165) is 13.2 Å². The van der Waals surface area contributed by atoms with Crippen LogP contribution in [0.4, 0.5) is 0 Å². The summed E-state index contributed by atoms with van der Waals surface area (Å²) in [7, 11) is 0. The van der Waals surface area contributed by atoms with Gasteiger partial charge in [0.05, 0.1) is 0 Å². The van der Waals surface area contributed by atoms with Crippen molar-refractivity contribution in [2.45, 2.75) is 57.8 Å². The molecule has 0 N–H and O–H groups in total. The molecule has 0 aromatic heterocycles. The van der Waals surface area contributed by atoms with Crippen molar-refractivity contribution in [3.05, 3.63) is 58.7 Å². The molecule has 1 nitrogen and oxygen atoms in total. The SMILES string of the molecule is CC(C)C1=CC2C(C=C1)c1ccc(C(C)C)cc1C21CCOCC1. The van der Waals surface area contributed by atoms with E-state index >= 15 is 0 Å². The summed E-state index contributed by atoms with van der Waals surface area (Å²) in [5.74, 6) is 2.36. The summed E-state index contributed by atoms with van der Waals surface area (Å²) < 4.78 is 5.76. The van der Waals surface area contributed by atoms with Gasteiger partial charge in [-0.05, 0) is 52.9 Å². The third-order valence-corrected chi connectivity index (χ3v) is 6.58. The number of hydrogen-bond acceptors (Lipinski definition) is 1. The summed E-state index contributed by atoms with van der Waals surface area (Å²) in [6.45, 7) is 11.0. The topological polar surface area (TPSA) is 9.23 Å². The highest BCUT2D eigenvalue weighted by Gasteiger charge is 2.51. The van der Waals surface area contributed by atoms with Gasteiger partial charge in [0, 0.05) is 24.5 Å². The molecule has 2 aliphatic carbocycles. The molecule has 1 saturated heterocycles. The summed E-state index contributed by atoms with van der Waals surface area (Å²) in [6.07, 6.45) is 9.80. The molecule has 4 rings (SSSR count). The van der Waals surface area contributed by atoms with E-state index in [9.17, 15) is 0 Å². The first-order valence-corrected chi connectivity index (χ1v) is 9.65. The normalized spacial score (nSPS) is 27.5. The lowest BCUT2D eigenvalue weighted by molar-refractivity contribution is 0.0373. The highest BCUT2D eigenvalue weighted by atomic mass is 16.5. The molecule has 1 spiro atoms. The van der Waals surface area contributed by atoms with Gasteiger partial charge >= 0.3 is 0 Å². The van der Waals surface area contributed by atoms with Gasteiger partial charge in [0.25, 0.3) is 0 Å². The summed E-state index contributed by atoms with van der Waals surface area (Å²) >= 11 is 0. The van der Waals surface area contributed by atoms with Crippen LogP contribution >= 0.6 is 0 Å². The Hall–Kier alpha value is -1.34. The Balaban J connectivity index is 1.86. The predicted molar refractivity (Wildman–Crippen MR) is 101 cm³/mol. The minimum atomic E-state index is 0.286. The lowest BCUT2D eigenvalue weighted by atomic mass is 9.65. The molecule has 1 aromatic carbocycles. The van der Waals surface area contributed by atoms with Gasteiger partial charge in [-0.25, -0.2) is 0 Å². The van der Waals surface area contributed by atoms with Gasteiger partial charge in [-0.1, -0.05) is 64.1 Å². The Labute approximate surface area is 146 Å². The standard InChI is InChI=1S/C23H30O/c1-15(2)17-5-7-19-20-8-6-18(16(3)4)14-22(20)23(21(19)13-17)9-11-24-12-10-23/h5-8,13-16,19,21H,9-12H2,1-4H3. The van der Waals surface area contributed by atoms with Gasteiger partial charge in [-0.2, -0.15) is 0 Å². The third kappa shape index (κ3) is 2.32. The first kappa shape index (κ1) is 16.1. The van der Waals surface area contributed by atoms with E-state index in [1.165, 1.54) is 24.0 Å². The van der Waals surface area contributed by atoms with Crippen LogP contribution in [-0.2, 0) is 10.2 Å². The molecule has 1 fully saturated rings. The Kier molecular flexibility index (Phi) is 3.95. The number of hydrogen-bond donors (Lipinski definition) is 0. The maximum absolute atomic E-state index is 5.76. The highest BCUT2D eigenvalue weighted by molar-refractivity contribution is 5.53. The predicted octanol–water partition coefficient (Wildman–Crippen LogP) is 5.72. The zero-order chi connectivity index (χ0) is 16.9. The van der Waals surface area contributed by atoms with Gasteiger partial charge < -0.3 is 4.74 Å². The average molecular weight is 322 g/mol. The number of allylic oxidation sites excluding steroid dienone is 4. The van der Waals surface area contributed by atoms with Gasteiger partial charge in [0.1, 0.15) is 0 Å². The molecule has 1 heterocycles. The van der Waals surface area contributed by atoms with Crippen LogP contribution in [0.5, 0.6) is 0 Å². The fraction of sp³-hybridized carbons (Fsp3) is 0.565. The average Bonchev–Trinajstić information content (AvgIpc) is 2.85. The van der Waals surface area contributed by atoms with Gasteiger partial charge in [0.2, 0.25) is 0 Å². The zero-order valence-electron chi connectivity index (χ0n) is 15.5. The molecule has 2 atom stereocenters. The quantitative estimate of drug-likeness (QED) is 0.676. The van der Waals surface area contributed by atoms with Crippen LogP contribution in [0.25, 0.3) is 0 Å². The smallest absolute Gasteiger partial charge is 0.0474 e. The minimum absolute atomic E-state index is 0.286. The summed E-state index contributed by atoms with van der Waals surface area (Å²) in [4.78, 5) is 0. The molecule has 3 aliphatic rings. The monoisotopic (exact) mass is 322 g/mol. The van der Waals surface area contributed by atoms with Crippen molar-refractivity contribution in [2.24, 2.45) is 11.8 Å². The van der Waals surface area contributed by atoms with E-state index in [1.807, 2.05) is 0 Å². The van der Waals surface area contributed by atoms with Crippen molar-refractivity contribution in [2.75, 3.05) is 13.2 Å². The van der Waals surface area contributed by atoms with Crippen LogP contribution in [0.2, 0.25) is 0 Å². The van der Waals surface area contributed by atoms with E-state index in [1.54, 1.807) is 11.1 Å². The second kappa shape index (κ2) is 5.88. The van der Waals surface area contributed by atoms with Crippen molar-refractivity contribution >= 4 is 0 Å². The second-order valence-corrected chi connectivity index (χ2v) is 8.50. The largest absolute Gasteiger partial charge is 0.381 e. The molecule has 128 valence electrons. The first-order chi connectivity index (χ1) is 11.5. The number of fused-ring (bicyclic) bond motifs is 5. The summed E-state index contributed by atoms with van der Waals surface area (Å²) in [5.41, 5.74) is 6.47. The van der Waals surface area contributed by atoms with E-state index in [2.05, 4.69) is 64.1 Å². The minimum Gasteiger partial charge on any atom is -0.381 e. The third-order valence-electron chi connectivity index (χ3n) is 6.58. The number of ether oxygens (including phenoxy) is 1.